The fraction of sp³-hybridized carbons (Fsp3) is 1.00. The first-order valence-corrected chi connectivity index (χ1v) is 9.30. The van der Waals surface area contributed by atoms with Gasteiger partial charge >= 0.3 is 0 Å². The van der Waals surface area contributed by atoms with Crippen molar-refractivity contribution in [2.75, 3.05) is 27.2 Å². The van der Waals surface area contributed by atoms with E-state index in [4.69, 9.17) is 0 Å². The predicted molar refractivity (Wildman–Crippen MR) is 92.1 cm³/mol. The van der Waals surface area contributed by atoms with Gasteiger partial charge in [-0.15, -0.1) is 0 Å². The molecule has 0 aromatic rings. The summed E-state index contributed by atoms with van der Waals surface area (Å²) < 4.78 is 23.1. The molecule has 0 radical (unpaired) electrons. The molecule has 0 atom stereocenters. The fourth-order valence-corrected chi connectivity index (χ4v) is 3.32. The number of piperidine rings is 1. The molecule has 1 saturated heterocycles. The second kappa shape index (κ2) is 7.42. The van der Waals surface area contributed by atoms with Crippen LogP contribution in [-0.4, -0.2) is 55.1 Å². The topological polar surface area (TPSA) is 40.6 Å². The average molecular weight is 321 g/mol. The van der Waals surface area contributed by atoms with E-state index in [1.165, 1.54) is 30.2 Å². The zero-order chi connectivity index (χ0) is 17.1. The molecule has 0 saturated carbocycles. The minimum absolute atomic E-state index is 0.389. The van der Waals surface area contributed by atoms with Crippen LogP contribution in [0.2, 0.25) is 0 Å². The summed E-state index contributed by atoms with van der Waals surface area (Å²) in [5, 5.41) is 0. The van der Waals surface area contributed by atoms with E-state index < -0.39 is 14.8 Å². The smallest absolute Gasteiger partial charge is 0.218 e. The lowest BCUT2D eigenvalue weighted by Crippen LogP contribution is -2.45. The van der Waals surface area contributed by atoms with E-state index >= 15 is 0 Å². The molecule has 1 heterocycles. The Hall–Kier alpha value is -0.130. The van der Waals surface area contributed by atoms with Gasteiger partial charge in [0.15, 0.2) is 0 Å². The molecule has 4 nitrogen and oxygen atoms in total. The summed E-state index contributed by atoms with van der Waals surface area (Å²) in [6, 6.07) is 0. The SMILES string of the molecule is CC1CCN(C(C)(C)C)CC1.CN(C)S(=O)(=O)C(C)(C)C. The molecule has 1 rings (SSSR count). The van der Waals surface area contributed by atoms with Crippen LogP contribution in [0.25, 0.3) is 0 Å². The van der Waals surface area contributed by atoms with Gasteiger partial charge in [-0.2, -0.15) is 0 Å². The van der Waals surface area contributed by atoms with Crippen LogP contribution in [0.1, 0.15) is 61.3 Å². The Morgan fingerprint density at radius 3 is 1.52 bits per heavy atom. The van der Waals surface area contributed by atoms with Gasteiger partial charge in [0.1, 0.15) is 0 Å². The van der Waals surface area contributed by atoms with Crippen LogP contribution in [-0.2, 0) is 10.0 Å². The van der Waals surface area contributed by atoms with Gasteiger partial charge in [-0.05, 0) is 73.4 Å². The van der Waals surface area contributed by atoms with Crippen molar-refractivity contribution >= 4 is 10.0 Å². The van der Waals surface area contributed by atoms with Gasteiger partial charge in [0, 0.05) is 19.6 Å². The van der Waals surface area contributed by atoms with E-state index in [0.29, 0.717) is 5.54 Å². The van der Waals surface area contributed by atoms with Crippen molar-refractivity contribution in [3.8, 4) is 0 Å². The zero-order valence-corrected chi connectivity index (χ0v) is 16.3. The molecule has 0 aromatic heterocycles. The van der Waals surface area contributed by atoms with Crippen LogP contribution in [0.15, 0.2) is 0 Å². The zero-order valence-electron chi connectivity index (χ0n) is 15.5. The van der Waals surface area contributed by atoms with Crippen LogP contribution in [0, 0.1) is 5.92 Å². The van der Waals surface area contributed by atoms with Crippen LogP contribution in [0.3, 0.4) is 0 Å². The van der Waals surface area contributed by atoms with Crippen molar-refractivity contribution in [2.45, 2.75) is 71.6 Å². The molecule has 0 aromatic carbocycles. The van der Waals surface area contributed by atoms with E-state index in [1.807, 2.05) is 0 Å². The highest BCUT2D eigenvalue weighted by molar-refractivity contribution is 7.90. The Morgan fingerprint density at radius 2 is 1.33 bits per heavy atom. The first-order chi connectivity index (χ1) is 9.19. The summed E-state index contributed by atoms with van der Waals surface area (Å²) in [7, 11) is 0.00347. The van der Waals surface area contributed by atoms with E-state index in [0.717, 1.165) is 5.92 Å². The maximum atomic E-state index is 11.3. The van der Waals surface area contributed by atoms with Crippen LogP contribution < -0.4 is 0 Å². The molecule has 0 N–H and O–H groups in total. The highest BCUT2D eigenvalue weighted by atomic mass is 32.2. The molecule has 1 fully saturated rings. The molecule has 1 aliphatic heterocycles. The molecule has 0 spiro atoms. The van der Waals surface area contributed by atoms with Crippen molar-refractivity contribution in [1.82, 2.24) is 9.21 Å². The van der Waals surface area contributed by atoms with E-state index in [-0.39, 0.29) is 0 Å². The lowest BCUT2D eigenvalue weighted by Gasteiger charge is -2.40. The van der Waals surface area contributed by atoms with Gasteiger partial charge in [0.2, 0.25) is 10.0 Å². The number of hydrogen-bond acceptors (Lipinski definition) is 3. The molecular formula is C16H36N2O2S. The standard InChI is InChI=1S/C10H21N.C6H15NO2S/c1-9-5-7-11(8-6-9)10(2,3)4;1-6(2,3)10(8,9)7(4)5/h9H,5-8H2,1-4H3;1-5H3. The van der Waals surface area contributed by atoms with Crippen molar-refractivity contribution in [3.05, 3.63) is 0 Å². The molecule has 0 bridgehead atoms. The van der Waals surface area contributed by atoms with E-state index in [1.54, 1.807) is 34.9 Å². The summed E-state index contributed by atoms with van der Waals surface area (Å²) >= 11 is 0. The molecule has 1 aliphatic rings. The molecule has 128 valence electrons. The highest BCUT2D eigenvalue weighted by Gasteiger charge is 2.30. The van der Waals surface area contributed by atoms with Gasteiger partial charge < -0.3 is 0 Å². The van der Waals surface area contributed by atoms with E-state index in [9.17, 15) is 8.42 Å². The largest absolute Gasteiger partial charge is 0.298 e. The minimum Gasteiger partial charge on any atom is -0.298 e. The van der Waals surface area contributed by atoms with Gasteiger partial charge in [-0.25, -0.2) is 12.7 Å². The number of likely N-dealkylation sites (tertiary alicyclic amines) is 1. The molecule has 5 heteroatoms. The lowest BCUT2D eigenvalue weighted by molar-refractivity contribution is 0.0916. The Bertz CT molecular complexity index is 395. The Balaban J connectivity index is 0.000000384. The number of hydrogen-bond donors (Lipinski definition) is 0. The summed E-state index contributed by atoms with van der Waals surface area (Å²) in [6.45, 7) is 16.9. The van der Waals surface area contributed by atoms with Crippen molar-refractivity contribution in [2.24, 2.45) is 5.92 Å². The second-order valence-corrected chi connectivity index (χ2v) is 11.1. The highest BCUT2D eigenvalue weighted by Crippen LogP contribution is 2.22. The average Bonchev–Trinajstić information content (AvgIpc) is 2.27. The monoisotopic (exact) mass is 320 g/mol. The van der Waals surface area contributed by atoms with Crippen LogP contribution in [0.4, 0.5) is 0 Å². The molecule has 0 unspecified atom stereocenters. The first kappa shape index (κ1) is 20.9. The van der Waals surface area contributed by atoms with Gasteiger partial charge in [-0.1, -0.05) is 6.92 Å². The third-order valence-electron chi connectivity index (χ3n) is 3.99. The molecule has 21 heavy (non-hydrogen) atoms. The third kappa shape index (κ3) is 6.66. The van der Waals surface area contributed by atoms with Gasteiger partial charge in [0.25, 0.3) is 0 Å². The second-order valence-electron chi connectivity index (χ2n) is 8.24. The van der Waals surface area contributed by atoms with Gasteiger partial charge in [-0.3, -0.25) is 4.90 Å². The normalized spacial score (nSPS) is 19.3. The predicted octanol–water partition coefficient (Wildman–Crippen LogP) is 3.19. The summed E-state index contributed by atoms with van der Waals surface area (Å²) in [5.41, 5.74) is 0.389. The molecule has 0 aliphatic carbocycles. The minimum atomic E-state index is -3.08. The number of nitrogens with zero attached hydrogens (tertiary/aromatic N) is 2. The maximum Gasteiger partial charge on any atom is 0.218 e. The Kier molecular flexibility index (Phi) is 7.38. The van der Waals surface area contributed by atoms with Crippen LogP contribution in [0.5, 0.6) is 0 Å². The van der Waals surface area contributed by atoms with Crippen molar-refractivity contribution < 1.29 is 8.42 Å². The van der Waals surface area contributed by atoms with Crippen molar-refractivity contribution in [3.63, 3.8) is 0 Å². The van der Waals surface area contributed by atoms with E-state index in [2.05, 4.69) is 32.6 Å². The third-order valence-corrected chi connectivity index (χ3v) is 6.50. The summed E-state index contributed by atoms with van der Waals surface area (Å²) in [5.74, 6) is 0.952. The Labute approximate surface area is 132 Å². The number of rotatable bonds is 1. The van der Waals surface area contributed by atoms with Crippen LogP contribution >= 0.6 is 0 Å². The lowest BCUT2D eigenvalue weighted by atomic mass is 9.95. The summed E-state index contributed by atoms with van der Waals surface area (Å²) in [6.07, 6.45) is 2.77. The molecular weight excluding hydrogens is 284 g/mol. The molecule has 0 amide bonds. The maximum absolute atomic E-state index is 11.3. The first-order valence-electron chi connectivity index (χ1n) is 7.86. The Morgan fingerprint density at radius 1 is 0.952 bits per heavy atom. The quantitative estimate of drug-likeness (QED) is 0.745. The van der Waals surface area contributed by atoms with Crippen molar-refractivity contribution in [1.29, 1.82) is 0 Å². The fourth-order valence-electron chi connectivity index (χ4n) is 2.23. The summed E-state index contributed by atoms with van der Waals surface area (Å²) in [4.78, 5) is 2.59. The number of sulfonamides is 1. The van der Waals surface area contributed by atoms with Gasteiger partial charge in [0.05, 0.1) is 4.75 Å².